The van der Waals surface area contributed by atoms with Crippen LogP contribution in [-0.2, 0) is 0 Å². The summed E-state index contributed by atoms with van der Waals surface area (Å²) in [5.41, 5.74) is 1.16. The van der Waals surface area contributed by atoms with Crippen molar-refractivity contribution < 1.29 is 9.18 Å². The number of fused-ring (bicyclic) bond motifs is 1. The van der Waals surface area contributed by atoms with Gasteiger partial charge in [0.25, 0.3) is 5.91 Å². The zero-order valence-corrected chi connectivity index (χ0v) is 15.2. The van der Waals surface area contributed by atoms with Gasteiger partial charge in [-0.1, -0.05) is 33.8 Å². The minimum Gasteiger partial charge on any atom is -0.350 e. The van der Waals surface area contributed by atoms with Crippen LogP contribution in [0.3, 0.4) is 0 Å². The van der Waals surface area contributed by atoms with E-state index in [0.29, 0.717) is 16.6 Å². The van der Waals surface area contributed by atoms with Crippen LogP contribution in [0.4, 0.5) is 4.39 Å². The highest BCUT2D eigenvalue weighted by Gasteiger charge is 2.20. The third-order valence-electron chi connectivity index (χ3n) is 3.48. The average molecular weight is 332 g/mol. The van der Waals surface area contributed by atoms with Crippen LogP contribution in [0.1, 0.15) is 57.4 Å². The van der Waals surface area contributed by atoms with E-state index < -0.39 is 0 Å². The topological polar surface area (TPSA) is 36.1 Å². The van der Waals surface area contributed by atoms with Gasteiger partial charge in [0.05, 0.1) is 0 Å². The van der Waals surface area contributed by atoms with E-state index in [1.807, 2.05) is 32.6 Å². The van der Waals surface area contributed by atoms with Gasteiger partial charge in [0.15, 0.2) is 0 Å². The van der Waals surface area contributed by atoms with Crippen molar-refractivity contribution >= 4 is 16.8 Å². The lowest BCUT2D eigenvalue weighted by molar-refractivity contribution is 0.0719. The molecule has 2 aromatic rings. The molecule has 1 N–H and O–H groups in total. The Morgan fingerprint density at radius 2 is 1.67 bits per heavy atom. The molecule has 3 nitrogen and oxygen atoms in total. The molecule has 0 atom stereocenters. The molecule has 1 aliphatic heterocycles. The zero-order valence-electron chi connectivity index (χ0n) is 15.2. The van der Waals surface area contributed by atoms with Crippen LogP contribution < -0.4 is 0 Å². The zero-order chi connectivity index (χ0) is 18.5. The van der Waals surface area contributed by atoms with Gasteiger partial charge in [-0.05, 0) is 37.5 Å². The van der Waals surface area contributed by atoms with Crippen molar-refractivity contribution in [2.75, 3.05) is 13.1 Å². The lowest BCUT2D eigenvalue weighted by Crippen LogP contribution is -2.35. The van der Waals surface area contributed by atoms with E-state index >= 15 is 0 Å². The molecule has 0 unspecified atom stereocenters. The van der Waals surface area contributed by atoms with Gasteiger partial charge in [0.2, 0.25) is 0 Å². The summed E-state index contributed by atoms with van der Waals surface area (Å²) in [6, 6.07) is 6.45. The van der Waals surface area contributed by atoms with Crippen LogP contribution in [0.15, 0.2) is 24.3 Å². The Hall–Kier alpha value is -2.28. The van der Waals surface area contributed by atoms with Crippen molar-refractivity contribution in [3.05, 3.63) is 35.8 Å². The van der Waals surface area contributed by atoms with Crippen LogP contribution in [0, 0.1) is 18.7 Å². The second-order valence-electron chi connectivity index (χ2n) is 4.74. The van der Waals surface area contributed by atoms with E-state index in [4.69, 9.17) is 0 Å². The number of rotatable bonds is 1. The van der Waals surface area contributed by atoms with Crippen molar-refractivity contribution in [2.24, 2.45) is 0 Å². The first-order valence-corrected chi connectivity index (χ1v) is 8.65. The third-order valence-corrected chi connectivity index (χ3v) is 3.48. The first kappa shape index (κ1) is 21.7. The molecule has 1 aromatic carbocycles. The standard InChI is InChI=1S/C14H15FN2O.2C2H6.C2H2/c15-11-5-4-6-12-10(11)9-13(16-12)14(18)17-7-2-1-3-8-17;3*1-2/h4-6,9,16H,1-3,7-8H2;2*1-2H3;1-2H. The fourth-order valence-corrected chi connectivity index (χ4v) is 2.50. The number of terminal acetylenes is 1. The molecule has 0 aliphatic carbocycles. The van der Waals surface area contributed by atoms with E-state index in [2.05, 4.69) is 17.8 Å². The number of likely N-dealkylation sites (tertiary alicyclic amines) is 1. The number of aromatic nitrogens is 1. The quantitative estimate of drug-likeness (QED) is 0.713. The number of carbonyl (C=O) groups is 1. The SMILES string of the molecule is C#C.CC.CC.O=C(c1cc2c(F)cccc2[nH]1)N1CCCCC1. The summed E-state index contributed by atoms with van der Waals surface area (Å²) in [5.74, 6) is -0.313. The first-order valence-electron chi connectivity index (χ1n) is 8.65. The first-order chi connectivity index (χ1) is 11.8. The molecule has 1 amide bonds. The van der Waals surface area contributed by atoms with Gasteiger partial charge in [-0.2, -0.15) is 0 Å². The van der Waals surface area contributed by atoms with Gasteiger partial charge in [-0.3, -0.25) is 4.79 Å². The Morgan fingerprint density at radius 1 is 1.08 bits per heavy atom. The molecule has 0 spiro atoms. The van der Waals surface area contributed by atoms with E-state index in [-0.39, 0.29) is 11.7 Å². The Kier molecular flexibility index (Phi) is 11.0. The average Bonchev–Trinajstić information content (AvgIpc) is 3.12. The van der Waals surface area contributed by atoms with E-state index in [9.17, 15) is 9.18 Å². The second kappa shape index (κ2) is 12.2. The van der Waals surface area contributed by atoms with E-state index in [1.54, 1.807) is 18.2 Å². The summed E-state index contributed by atoms with van der Waals surface area (Å²) in [5, 5.41) is 0.484. The number of nitrogens with zero attached hydrogens (tertiary/aromatic N) is 1. The number of amides is 1. The number of hydrogen-bond acceptors (Lipinski definition) is 1. The summed E-state index contributed by atoms with van der Waals surface area (Å²) in [4.78, 5) is 17.1. The number of hydrogen-bond donors (Lipinski definition) is 1. The maximum atomic E-state index is 13.6. The van der Waals surface area contributed by atoms with Gasteiger partial charge in [0, 0.05) is 24.0 Å². The third kappa shape index (κ3) is 5.42. The number of piperidine rings is 1. The Morgan fingerprint density at radius 3 is 2.21 bits per heavy atom. The number of aromatic amines is 1. The van der Waals surface area contributed by atoms with Gasteiger partial charge in [0.1, 0.15) is 11.5 Å². The highest BCUT2D eigenvalue weighted by Crippen LogP contribution is 2.20. The largest absolute Gasteiger partial charge is 0.350 e. The normalized spacial score (nSPS) is 12.7. The smallest absolute Gasteiger partial charge is 0.270 e. The number of carbonyl (C=O) groups excluding carboxylic acids is 1. The maximum Gasteiger partial charge on any atom is 0.270 e. The van der Waals surface area contributed by atoms with Gasteiger partial charge < -0.3 is 9.88 Å². The van der Waals surface area contributed by atoms with Gasteiger partial charge in [-0.25, -0.2) is 4.39 Å². The van der Waals surface area contributed by atoms with Crippen LogP contribution in [0.2, 0.25) is 0 Å². The second-order valence-corrected chi connectivity index (χ2v) is 4.74. The highest BCUT2D eigenvalue weighted by atomic mass is 19.1. The molecule has 4 heteroatoms. The molecular formula is C20H29FN2O. The molecule has 3 rings (SSSR count). The summed E-state index contributed by atoms with van der Waals surface area (Å²) >= 11 is 0. The Bertz CT molecular complexity index is 625. The Labute approximate surface area is 145 Å². The number of nitrogens with one attached hydrogen (secondary N) is 1. The van der Waals surface area contributed by atoms with Crippen LogP contribution in [0.5, 0.6) is 0 Å². The summed E-state index contributed by atoms with van der Waals surface area (Å²) < 4.78 is 13.6. The molecular weight excluding hydrogens is 303 g/mol. The van der Waals surface area contributed by atoms with E-state index in [1.165, 1.54) is 12.5 Å². The fourth-order valence-electron chi connectivity index (χ4n) is 2.50. The molecule has 1 aliphatic rings. The molecule has 0 saturated carbocycles. The highest BCUT2D eigenvalue weighted by molar-refractivity contribution is 5.98. The number of benzene rings is 1. The monoisotopic (exact) mass is 332 g/mol. The molecule has 24 heavy (non-hydrogen) atoms. The van der Waals surface area contributed by atoms with E-state index in [0.717, 1.165) is 25.9 Å². The summed E-state index contributed by atoms with van der Waals surface area (Å²) in [6.07, 6.45) is 11.3. The van der Waals surface area contributed by atoms with Crippen molar-refractivity contribution in [3.63, 3.8) is 0 Å². The van der Waals surface area contributed by atoms with Gasteiger partial charge in [-0.15, -0.1) is 12.8 Å². The Balaban J connectivity index is 0.000000798. The van der Waals surface area contributed by atoms with Crippen LogP contribution in [-0.4, -0.2) is 28.9 Å². The molecule has 0 bridgehead atoms. The van der Waals surface area contributed by atoms with Gasteiger partial charge >= 0.3 is 0 Å². The molecule has 1 fully saturated rings. The molecule has 1 aromatic heterocycles. The van der Waals surface area contributed by atoms with Crippen LogP contribution >= 0.6 is 0 Å². The van der Waals surface area contributed by atoms with Crippen molar-refractivity contribution in [1.82, 2.24) is 9.88 Å². The predicted octanol–water partition coefficient (Wildman–Crippen LogP) is 5.23. The number of halogens is 1. The van der Waals surface area contributed by atoms with Crippen molar-refractivity contribution in [2.45, 2.75) is 47.0 Å². The summed E-state index contributed by atoms with van der Waals surface area (Å²) in [6.45, 7) is 9.60. The minimum absolute atomic E-state index is 0.0229. The molecule has 2 heterocycles. The molecule has 132 valence electrons. The molecule has 0 radical (unpaired) electrons. The lowest BCUT2D eigenvalue weighted by atomic mass is 10.1. The molecule has 1 saturated heterocycles. The van der Waals surface area contributed by atoms with Crippen molar-refractivity contribution in [1.29, 1.82) is 0 Å². The predicted molar refractivity (Wildman–Crippen MR) is 101 cm³/mol. The summed E-state index contributed by atoms with van der Waals surface area (Å²) in [7, 11) is 0. The minimum atomic E-state index is -0.290. The van der Waals surface area contributed by atoms with Crippen LogP contribution in [0.25, 0.3) is 10.9 Å². The fraction of sp³-hybridized carbons (Fsp3) is 0.450. The van der Waals surface area contributed by atoms with Crippen molar-refractivity contribution in [3.8, 4) is 12.8 Å². The maximum absolute atomic E-state index is 13.6. The number of H-pyrrole nitrogens is 1. The lowest BCUT2D eigenvalue weighted by Gasteiger charge is -2.26.